The number of rotatable bonds is 9. The molecule has 190 valence electrons. The van der Waals surface area contributed by atoms with Gasteiger partial charge in [-0.2, -0.15) is 32.4 Å². The van der Waals surface area contributed by atoms with E-state index < -0.39 is 26.7 Å². The molecule has 0 aliphatic rings. The lowest BCUT2D eigenvalue weighted by Gasteiger charge is -2.34. The van der Waals surface area contributed by atoms with Crippen LogP contribution in [-0.4, -0.2) is 31.7 Å². The zero-order chi connectivity index (χ0) is 26.6. The molecule has 13 nitrogen and oxygen atoms in total. The maximum atomic E-state index is 11.3. The summed E-state index contributed by atoms with van der Waals surface area (Å²) < 4.78 is 56.4. The van der Waals surface area contributed by atoms with E-state index in [4.69, 9.17) is 18.6 Å². The van der Waals surface area contributed by atoms with Gasteiger partial charge >= 0.3 is 20.6 Å². The Balaban J connectivity index is 1.85. The van der Waals surface area contributed by atoms with E-state index in [0.717, 1.165) is 0 Å². The van der Waals surface area contributed by atoms with E-state index >= 15 is 0 Å². The maximum absolute atomic E-state index is 11.3. The molecule has 0 spiro atoms. The molecule has 0 atom stereocenters. The number of nitriles is 1. The first-order chi connectivity index (χ1) is 17.5. The van der Waals surface area contributed by atoms with Crippen molar-refractivity contribution >= 4 is 26.3 Å². The molecule has 37 heavy (non-hydrogen) atoms. The number of anilines is 1. The van der Waals surface area contributed by atoms with Crippen molar-refractivity contribution < 1.29 is 25.2 Å². The second-order valence-corrected chi connectivity index (χ2v) is 9.84. The number of hydrogen-bond donors (Lipinski definition) is 2. The summed E-state index contributed by atoms with van der Waals surface area (Å²) in [5.74, 6) is 0.0206. The van der Waals surface area contributed by atoms with E-state index in [1.807, 2.05) is 5.01 Å². The van der Waals surface area contributed by atoms with Crippen LogP contribution in [0.1, 0.15) is 22.7 Å². The molecule has 1 aromatic heterocycles. The zero-order valence-electron chi connectivity index (χ0n) is 18.8. The summed E-state index contributed by atoms with van der Waals surface area (Å²) in [7, 11) is -8.43. The van der Waals surface area contributed by atoms with Gasteiger partial charge in [0.25, 0.3) is 0 Å². The fourth-order valence-electron chi connectivity index (χ4n) is 3.57. The Hall–Kier alpha value is -4.49. The van der Waals surface area contributed by atoms with Gasteiger partial charge in [0, 0.05) is 0 Å². The monoisotopic (exact) mass is 541 g/mol. The molecule has 0 radical (unpaired) electrons. The van der Waals surface area contributed by atoms with Crippen LogP contribution in [-0.2, 0) is 20.6 Å². The van der Waals surface area contributed by atoms with Crippen molar-refractivity contribution in [2.45, 2.75) is 6.04 Å². The average Bonchev–Trinajstić information content (AvgIpc) is 3.37. The molecule has 4 rings (SSSR count). The molecule has 0 bridgehead atoms. The Bertz CT molecular complexity index is 1540. The van der Waals surface area contributed by atoms with Crippen molar-refractivity contribution in [2.24, 2.45) is 10.3 Å². The summed E-state index contributed by atoms with van der Waals surface area (Å²) >= 11 is 0. The maximum Gasteiger partial charge on any atom is 0.380 e. The van der Waals surface area contributed by atoms with Gasteiger partial charge in [-0.05, 0) is 59.7 Å². The minimum atomic E-state index is -4.21. The number of benzene rings is 3. The highest BCUT2D eigenvalue weighted by molar-refractivity contribution is 7.85. The molecule has 0 saturated carbocycles. The molecular formula is C22H19N7O6S2. The zero-order valence-corrected chi connectivity index (χ0v) is 20.5. The van der Waals surface area contributed by atoms with Crippen LogP contribution in [0.15, 0.2) is 85.5 Å². The van der Waals surface area contributed by atoms with Crippen molar-refractivity contribution in [3.05, 3.63) is 102 Å². The Labute approximate surface area is 212 Å². The summed E-state index contributed by atoms with van der Waals surface area (Å²) in [6, 6.07) is 20.6. The summed E-state index contributed by atoms with van der Waals surface area (Å²) in [5.41, 5.74) is 2.44. The predicted molar refractivity (Wildman–Crippen MR) is 131 cm³/mol. The van der Waals surface area contributed by atoms with Crippen molar-refractivity contribution in [3.63, 3.8) is 0 Å². The van der Waals surface area contributed by atoms with Crippen LogP contribution in [0.3, 0.4) is 0 Å². The van der Waals surface area contributed by atoms with Gasteiger partial charge in [-0.3, -0.25) is 5.01 Å². The van der Waals surface area contributed by atoms with Crippen molar-refractivity contribution in [1.29, 1.82) is 5.26 Å². The normalized spacial score (nSPS) is 11.6. The summed E-state index contributed by atoms with van der Waals surface area (Å²) in [4.78, 5) is 0. The Morgan fingerprint density at radius 1 is 0.757 bits per heavy atom. The van der Waals surface area contributed by atoms with E-state index in [-0.39, 0.29) is 11.5 Å². The third-order valence-electron chi connectivity index (χ3n) is 4.98. The first-order valence-corrected chi connectivity index (χ1v) is 13.3. The Kier molecular flexibility index (Phi) is 7.09. The van der Waals surface area contributed by atoms with Crippen LogP contribution in [0.5, 0.6) is 11.5 Å². The standard InChI is InChI=1S/C22H19N7O6S2/c23-13-16-1-7-19(8-2-16)29(28-14-26-27-15-28)22(17-3-9-20(10-4-17)34-36(24,30)31)18-5-11-21(12-6-18)35-37(25,32)33/h1-12,14-15,22H,(H2,24,30,31)(H2,25,32,33). The highest BCUT2D eigenvalue weighted by Gasteiger charge is 2.26. The fourth-order valence-corrected chi connectivity index (χ4v) is 4.32. The lowest BCUT2D eigenvalue weighted by Crippen LogP contribution is -2.34. The van der Waals surface area contributed by atoms with Gasteiger partial charge in [-0.1, -0.05) is 24.3 Å². The molecule has 0 aliphatic heterocycles. The molecule has 0 saturated heterocycles. The second kappa shape index (κ2) is 10.2. The summed E-state index contributed by atoms with van der Waals surface area (Å²) in [6.07, 6.45) is 2.95. The second-order valence-electron chi connectivity index (χ2n) is 7.54. The lowest BCUT2D eigenvalue weighted by atomic mass is 9.97. The van der Waals surface area contributed by atoms with Crippen molar-refractivity contribution in [1.82, 2.24) is 14.9 Å². The predicted octanol–water partition coefficient (Wildman–Crippen LogP) is 1.37. The summed E-state index contributed by atoms with van der Waals surface area (Å²) in [5, 5.41) is 28.8. The van der Waals surface area contributed by atoms with Crippen molar-refractivity contribution in [3.8, 4) is 17.6 Å². The van der Waals surface area contributed by atoms with Gasteiger partial charge in [0.1, 0.15) is 30.2 Å². The van der Waals surface area contributed by atoms with Gasteiger partial charge in [0.05, 0.1) is 17.3 Å². The number of nitrogens with two attached hydrogens (primary N) is 2. The molecular weight excluding hydrogens is 522 g/mol. The first-order valence-electron chi connectivity index (χ1n) is 10.3. The topological polar surface area (TPSA) is 197 Å². The molecule has 1 heterocycles. The quantitative estimate of drug-likeness (QED) is 0.312. The smallest absolute Gasteiger partial charge is 0.371 e. The van der Waals surface area contributed by atoms with Crippen LogP contribution >= 0.6 is 0 Å². The van der Waals surface area contributed by atoms with Gasteiger partial charge < -0.3 is 8.37 Å². The minimum absolute atomic E-state index is 0.0103. The van der Waals surface area contributed by atoms with Crippen LogP contribution in [0, 0.1) is 11.3 Å². The van der Waals surface area contributed by atoms with Gasteiger partial charge in [0.15, 0.2) is 0 Å². The molecule has 4 N–H and O–H groups in total. The van der Waals surface area contributed by atoms with Gasteiger partial charge in [-0.25, -0.2) is 4.68 Å². The van der Waals surface area contributed by atoms with Crippen LogP contribution in [0.2, 0.25) is 0 Å². The van der Waals surface area contributed by atoms with Gasteiger partial charge in [-0.15, -0.1) is 10.2 Å². The third-order valence-corrected chi connectivity index (χ3v) is 5.83. The minimum Gasteiger partial charge on any atom is -0.371 e. The van der Waals surface area contributed by atoms with Crippen LogP contribution in [0.4, 0.5) is 5.69 Å². The van der Waals surface area contributed by atoms with Gasteiger partial charge in [0.2, 0.25) is 0 Å². The fraction of sp³-hybridized carbons (Fsp3) is 0.0455. The third kappa shape index (κ3) is 6.59. The highest BCUT2D eigenvalue weighted by Crippen LogP contribution is 2.35. The van der Waals surface area contributed by atoms with Crippen molar-refractivity contribution in [2.75, 3.05) is 5.01 Å². The van der Waals surface area contributed by atoms with E-state index in [1.165, 1.54) is 36.9 Å². The van der Waals surface area contributed by atoms with E-state index in [2.05, 4.69) is 16.3 Å². The first kappa shape index (κ1) is 25.6. The molecule has 0 fully saturated rings. The number of aromatic nitrogens is 3. The molecule has 0 amide bonds. The Morgan fingerprint density at radius 2 is 1.19 bits per heavy atom. The molecule has 4 aromatic rings. The summed E-state index contributed by atoms with van der Waals surface area (Å²) in [6.45, 7) is 0. The SMILES string of the molecule is N#Cc1ccc(N(C(c2ccc(OS(N)(=O)=O)cc2)c2ccc(OS(N)(=O)=O)cc2)n2cnnc2)cc1. The van der Waals surface area contributed by atoms with E-state index in [9.17, 15) is 22.1 Å². The molecule has 0 aliphatic carbocycles. The van der Waals surface area contributed by atoms with E-state index in [0.29, 0.717) is 22.4 Å². The van der Waals surface area contributed by atoms with Crippen LogP contribution in [0.25, 0.3) is 0 Å². The largest absolute Gasteiger partial charge is 0.380 e. The number of nitrogens with zero attached hydrogens (tertiary/aromatic N) is 5. The molecule has 0 unspecified atom stereocenters. The molecule has 15 heteroatoms. The lowest BCUT2D eigenvalue weighted by molar-refractivity contribution is 0.486. The Morgan fingerprint density at radius 3 is 1.57 bits per heavy atom. The average molecular weight is 542 g/mol. The van der Waals surface area contributed by atoms with E-state index in [1.54, 1.807) is 53.2 Å². The highest BCUT2D eigenvalue weighted by atomic mass is 32.2. The van der Waals surface area contributed by atoms with Crippen LogP contribution < -0.4 is 23.7 Å². The molecule has 3 aromatic carbocycles. The number of hydrogen-bond acceptors (Lipinski definition) is 10.